The van der Waals surface area contributed by atoms with Gasteiger partial charge in [-0.25, -0.2) is 0 Å². The van der Waals surface area contributed by atoms with E-state index in [0.717, 1.165) is 0 Å². The molecule has 5 heteroatoms. The highest BCUT2D eigenvalue weighted by Gasteiger charge is 1.87. The molecular formula is C4H7BrClNO2. The predicted molar refractivity (Wildman–Crippen MR) is 41.0 cm³/mol. The highest BCUT2D eigenvalue weighted by molar-refractivity contribution is 9.11. The van der Waals surface area contributed by atoms with Crippen LogP contribution in [-0.4, -0.2) is 17.6 Å². The molecule has 0 rings (SSSR count). The summed E-state index contributed by atoms with van der Waals surface area (Å²) in [4.78, 5) is 11.3. The van der Waals surface area contributed by atoms with Crippen LogP contribution >= 0.6 is 28.3 Å². The number of aliphatic carboxylic acids is 1. The second-order valence-electron chi connectivity index (χ2n) is 1.07. The number of halogens is 2. The van der Waals surface area contributed by atoms with Crippen molar-refractivity contribution in [3.05, 3.63) is 11.2 Å². The zero-order valence-electron chi connectivity index (χ0n) is 4.50. The predicted octanol–water partition coefficient (Wildman–Crippen LogP) is 0.948. The van der Waals surface area contributed by atoms with Gasteiger partial charge < -0.3 is 10.4 Å². The third-order valence-electron chi connectivity index (χ3n) is 0.434. The maximum Gasteiger partial charge on any atom is 0.322 e. The first-order valence-electron chi connectivity index (χ1n) is 1.98. The first-order chi connectivity index (χ1) is 3.77. The minimum absolute atomic E-state index is 0. The highest BCUT2D eigenvalue weighted by Crippen LogP contribution is 1.76. The fourth-order valence-corrected chi connectivity index (χ4v) is 0.378. The number of rotatable bonds is 3. The Balaban J connectivity index is 0. The molecule has 0 unspecified atom stereocenters. The van der Waals surface area contributed by atoms with Gasteiger partial charge in [0.2, 0.25) is 0 Å². The lowest BCUT2D eigenvalue weighted by molar-refractivity contribution is -0.135. The molecule has 0 fully saturated rings. The quantitative estimate of drug-likeness (QED) is 0.738. The van der Waals surface area contributed by atoms with Crippen LogP contribution in [0.15, 0.2) is 11.2 Å². The van der Waals surface area contributed by atoms with Crippen LogP contribution in [0, 0.1) is 0 Å². The summed E-state index contributed by atoms with van der Waals surface area (Å²) in [5.74, 6) is -0.865. The van der Waals surface area contributed by atoms with Crippen molar-refractivity contribution in [1.82, 2.24) is 5.32 Å². The summed E-state index contributed by atoms with van der Waals surface area (Å²) in [6, 6.07) is 0. The Labute approximate surface area is 67.7 Å². The SMILES string of the molecule is Cl.O=C(O)CNC=CBr. The molecule has 0 aliphatic heterocycles. The number of hydrogen-bond donors (Lipinski definition) is 2. The Hall–Kier alpha value is -0.220. The molecule has 0 bridgehead atoms. The third-order valence-corrected chi connectivity index (χ3v) is 0.698. The van der Waals surface area contributed by atoms with Gasteiger partial charge >= 0.3 is 5.97 Å². The van der Waals surface area contributed by atoms with Gasteiger partial charge in [-0.05, 0) is 4.99 Å². The largest absolute Gasteiger partial charge is 0.480 e. The van der Waals surface area contributed by atoms with Crippen LogP contribution in [0.3, 0.4) is 0 Å². The normalized spacial score (nSPS) is 8.56. The van der Waals surface area contributed by atoms with E-state index in [1.165, 1.54) is 6.20 Å². The van der Waals surface area contributed by atoms with Gasteiger partial charge in [0.25, 0.3) is 0 Å². The van der Waals surface area contributed by atoms with Crippen LogP contribution < -0.4 is 5.32 Å². The van der Waals surface area contributed by atoms with Gasteiger partial charge in [-0.2, -0.15) is 0 Å². The molecule has 2 N–H and O–H groups in total. The summed E-state index contributed by atoms with van der Waals surface area (Å²) < 4.78 is 0. The molecule has 0 amide bonds. The Morgan fingerprint density at radius 1 is 1.78 bits per heavy atom. The second kappa shape index (κ2) is 7.78. The molecule has 0 saturated heterocycles. The van der Waals surface area contributed by atoms with Crippen LogP contribution in [-0.2, 0) is 4.79 Å². The number of nitrogens with one attached hydrogen (secondary N) is 1. The van der Waals surface area contributed by atoms with Gasteiger partial charge in [-0.15, -0.1) is 12.4 Å². The molecule has 9 heavy (non-hydrogen) atoms. The average molecular weight is 216 g/mol. The van der Waals surface area contributed by atoms with Gasteiger partial charge in [-0.3, -0.25) is 4.79 Å². The molecule has 0 aliphatic rings. The lowest BCUT2D eigenvalue weighted by Gasteiger charge is -1.89. The Kier molecular flexibility index (Phi) is 9.99. The molecular weight excluding hydrogens is 209 g/mol. The number of carbonyl (C=O) groups is 1. The number of carboxylic acids is 1. The standard InChI is InChI=1S/C4H6BrNO2.ClH/c5-1-2-6-3-4(7)8;/h1-2,6H,3H2,(H,7,8);1H. The van der Waals surface area contributed by atoms with Crippen molar-refractivity contribution in [1.29, 1.82) is 0 Å². The number of hydrogen-bond acceptors (Lipinski definition) is 2. The average Bonchev–Trinajstić information content (AvgIpc) is 1.66. The molecule has 0 aromatic carbocycles. The Morgan fingerprint density at radius 3 is 2.67 bits per heavy atom. The van der Waals surface area contributed by atoms with Crippen LogP contribution in [0.5, 0.6) is 0 Å². The summed E-state index contributed by atoms with van der Waals surface area (Å²) in [5.41, 5.74) is 0. The summed E-state index contributed by atoms with van der Waals surface area (Å²) >= 11 is 2.96. The van der Waals surface area contributed by atoms with E-state index in [2.05, 4.69) is 21.2 Å². The fraction of sp³-hybridized carbons (Fsp3) is 0.250. The topological polar surface area (TPSA) is 49.3 Å². The van der Waals surface area contributed by atoms with Gasteiger partial charge in [0.15, 0.2) is 0 Å². The highest BCUT2D eigenvalue weighted by atomic mass is 79.9. The van der Waals surface area contributed by atoms with E-state index < -0.39 is 5.97 Å². The summed E-state index contributed by atoms with van der Waals surface area (Å²) in [7, 11) is 0. The first kappa shape index (κ1) is 11.6. The van der Waals surface area contributed by atoms with Crippen molar-refractivity contribution >= 4 is 34.3 Å². The summed E-state index contributed by atoms with van der Waals surface area (Å²) in [6.07, 6.45) is 1.51. The van der Waals surface area contributed by atoms with Crippen LogP contribution in [0.25, 0.3) is 0 Å². The summed E-state index contributed by atoms with van der Waals surface area (Å²) in [6.45, 7) is -0.0396. The van der Waals surface area contributed by atoms with E-state index in [0.29, 0.717) is 0 Å². The zero-order valence-corrected chi connectivity index (χ0v) is 6.91. The lowest BCUT2D eigenvalue weighted by Crippen LogP contribution is -2.16. The van der Waals surface area contributed by atoms with E-state index in [4.69, 9.17) is 5.11 Å². The lowest BCUT2D eigenvalue weighted by atomic mass is 10.7. The minimum atomic E-state index is -0.865. The molecule has 0 atom stereocenters. The third kappa shape index (κ3) is 11.4. The van der Waals surface area contributed by atoms with E-state index in [1.807, 2.05) is 0 Å². The minimum Gasteiger partial charge on any atom is -0.480 e. The molecule has 0 aromatic rings. The molecule has 54 valence electrons. The van der Waals surface area contributed by atoms with E-state index in [-0.39, 0.29) is 19.0 Å². The van der Waals surface area contributed by atoms with Crippen molar-refractivity contribution in [2.24, 2.45) is 0 Å². The molecule has 0 radical (unpaired) electrons. The van der Waals surface area contributed by atoms with Crippen molar-refractivity contribution in [3.8, 4) is 0 Å². The summed E-state index contributed by atoms with van der Waals surface area (Å²) in [5, 5.41) is 10.5. The van der Waals surface area contributed by atoms with E-state index >= 15 is 0 Å². The monoisotopic (exact) mass is 215 g/mol. The van der Waals surface area contributed by atoms with Crippen LogP contribution in [0.4, 0.5) is 0 Å². The second-order valence-corrected chi connectivity index (χ2v) is 1.60. The maximum absolute atomic E-state index is 9.76. The molecule has 0 heterocycles. The zero-order chi connectivity index (χ0) is 6.41. The van der Waals surface area contributed by atoms with Crippen LogP contribution in [0.2, 0.25) is 0 Å². The van der Waals surface area contributed by atoms with Gasteiger partial charge in [-0.1, -0.05) is 15.9 Å². The Bertz CT molecular complexity index is 107. The van der Waals surface area contributed by atoms with Crippen molar-refractivity contribution in [2.45, 2.75) is 0 Å². The van der Waals surface area contributed by atoms with Crippen molar-refractivity contribution < 1.29 is 9.90 Å². The smallest absolute Gasteiger partial charge is 0.322 e. The van der Waals surface area contributed by atoms with Crippen LogP contribution in [0.1, 0.15) is 0 Å². The molecule has 0 aliphatic carbocycles. The molecule has 0 saturated carbocycles. The molecule has 3 nitrogen and oxygen atoms in total. The first-order valence-corrected chi connectivity index (χ1v) is 2.89. The van der Waals surface area contributed by atoms with Gasteiger partial charge in [0.05, 0.1) is 0 Å². The van der Waals surface area contributed by atoms with E-state index in [9.17, 15) is 4.79 Å². The maximum atomic E-state index is 9.76. The van der Waals surface area contributed by atoms with Crippen molar-refractivity contribution in [2.75, 3.05) is 6.54 Å². The molecule has 0 spiro atoms. The Morgan fingerprint density at radius 2 is 2.33 bits per heavy atom. The van der Waals surface area contributed by atoms with Crippen molar-refractivity contribution in [3.63, 3.8) is 0 Å². The van der Waals surface area contributed by atoms with Gasteiger partial charge in [0.1, 0.15) is 6.54 Å². The van der Waals surface area contributed by atoms with Gasteiger partial charge in [0, 0.05) is 6.20 Å². The van der Waals surface area contributed by atoms with E-state index in [1.54, 1.807) is 4.99 Å². The fourth-order valence-electron chi connectivity index (χ4n) is 0.191. The molecule has 0 aromatic heterocycles. The number of carboxylic acid groups (broad SMARTS) is 1.